The van der Waals surface area contributed by atoms with E-state index in [1.807, 2.05) is 6.07 Å². The van der Waals surface area contributed by atoms with E-state index in [-0.39, 0.29) is 23.3 Å². The Kier molecular flexibility index (Phi) is 3.72. The Balaban J connectivity index is 2.07. The molecule has 2 aromatic rings. The second-order valence-electron chi connectivity index (χ2n) is 5.21. The molecule has 0 saturated carbocycles. The van der Waals surface area contributed by atoms with Gasteiger partial charge >= 0.3 is 0 Å². The smallest absolute Gasteiger partial charge is 0.260 e. The van der Waals surface area contributed by atoms with Crippen LogP contribution in [-0.2, 0) is 14.8 Å². The summed E-state index contributed by atoms with van der Waals surface area (Å²) in [6.07, 6.45) is 0. The summed E-state index contributed by atoms with van der Waals surface area (Å²) < 4.78 is 26.8. The van der Waals surface area contributed by atoms with E-state index in [9.17, 15) is 13.2 Å². The summed E-state index contributed by atoms with van der Waals surface area (Å²) in [7, 11) is -3.76. The quantitative estimate of drug-likeness (QED) is 0.873. The third-order valence-electron chi connectivity index (χ3n) is 3.60. The predicted molar refractivity (Wildman–Crippen MR) is 83.4 cm³/mol. The number of nitrogens with zero attached hydrogens (tertiary/aromatic N) is 2. The van der Waals surface area contributed by atoms with E-state index in [1.165, 1.54) is 17.1 Å². The van der Waals surface area contributed by atoms with Gasteiger partial charge in [-0.3, -0.25) is 4.79 Å². The molecule has 0 spiro atoms. The molecule has 6 heteroatoms. The average molecular weight is 316 g/mol. The number of para-hydroxylation sites is 1. The highest BCUT2D eigenvalue weighted by molar-refractivity contribution is 7.89. The van der Waals surface area contributed by atoms with Crippen LogP contribution in [-0.4, -0.2) is 25.3 Å². The lowest BCUT2D eigenvalue weighted by molar-refractivity contribution is -0.120. The SMILES string of the molecule is CC1CN(S(=O)(=O)c2ccccc2)N(c2ccccc2)C1=O. The van der Waals surface area contributed by atoms with Crippen molar-refractivity contribution in [1.82, 2.24) is 4.41 Å². The minimum Gasteiger partial charge on any atom is -0.273 e. The number of carbonyl (C=O) groups excluding carboxylic acids is 1. The van der Waals surface area contributed by atoms with Gasteiger partial charge < -0.3 is 0 Å². The molecule has 0 radical (unpaired) electrons. The molecule has 1 heterocycles. The molecule has 1 fully saturated rings. The molecule has 114 valence electrons. The van der Waals surface area contributed by atoms with E-state index >= 15 is 0 Å². The summed E-state index contributed by atoms with van der Waals surface area (Å²) in [4.78, 5) is 12.6. The topological polar surface area (TPSA) is 57.7 Å². The van der Waals surface area contributed by atoms with Crippen molar-refractivity contribution < 1.29 is 13.2 Å². The first-order valence-corrected chi connectivity index (χ1v) is 8.42. The Morgan fingerprint density at radius 1 is 0.955 bits per heavy atom. The van der Waals surface area contributed by atoms with Crippen molar-refractivity contribution in [2.45, 2.75) is 11.8 Å². The summed E-state index contributed by atoms with van der Waals surface area (Å²) in [5, 5.41) is 1.26. The Bertz CT molecular complexity index is 776. The van der Waals surface area contributed by atoms with Crippen molar-refractivity contribution in [2.75, 3.05) is 11.6 Å². The second-order valence-corrected chi connectivity index (χ2v) is 7.05. The van der Waals surface area contributed by atoms with Crippen molar-refractivity contribution in [2.24, 2.45) is 5.92 Å². The molecule has 1 atom stereocenters. The summed E-state index contributed by atoms with van der Waals surface area (Å²) in [5.41, 5.74) is 0.552. The molecule has 0 aromatic heterocycles. The van der Waals surface area contributed by atoms with Crippen molar-refractivity contribution in [3.63, 3.8) is 0 Å². The maximum absolute atomic E-state index is 12.8. The van der Waals surface area contributed by atoms with Crippen LogP contribution in [0.1, 0.15) is 6.92 Å². The normalized spacial score (nSPS) is 19.6. The van der Waals surface area contributed by atoms with E-state index in [2.05, 4.69) is 0 Å². The number of carbonyl (C=O) groups is 1. The largest absolute Gasteiger partial charge is 0.273 e. The molecular weight excluding hydrogens is 300 g/mol. The maximum Gasteiger partial charge on any atom is 0.260 e. The van der Waals surface area contributed by atoms with Gasteiger partial charge in [-0.2, -0.15) is 0 Å². The van der Waals surface area contributed by atoms with E-state index in [0.717, 1.165) is 4.41 Å². The minimum absolute atomic E-state index is 0.144. The molecule has 1 unspecified atom stereocenters. The third kappa shape index (κ3) is 2.40. The summed E-state index contributed by atoms with van der Waals surface area (Å²) in [6.45, 7) is 1.88. The number of hydrogen-bond donors (Lipinski definition) is 0. The van der Waals surface area contributed by atoms with Gasteiger partial charge in [0.25, 0.3) is 10.0 Å². The first-order valence-electron chi connectivity index (χ1n) is 6.98. The zero-order chi connectivity index (χ0) is 15.7. The van der Waals surface area contributed by atoms with Gasteiger partial charge in [0.15, 0.2) is 0 Å². The summed E-state index contributed by atoms with van der Waals surface area (Å²) in [6, 6.07) is 17.0. The van der Waals surface area contributed by atoms with Crippen molar-refractivity contribution in [1.29, 1.82) is 0 Å². The highest BCUT2D eigenvalue weighted by atomic mass is 32.2. The molecule has 1 aliphatic heterocycles. The van der Waals surface area contributed by atoms with Gasteiger partial charge in [-0.15, -0.1) is 4.41 Å². The number of sulfonamides is 1. The van der Waals surface area contributed by atoms with Crippen LogP contribution in [0.5, 0.6) is 0 Å². The fourth-order valence-electron chi connectivity index (χ4n) is 2.46. The molecule has 0 N–H and O–H groups in total. The molecule has 1 aliphatic rings. The van der Waals surface area contributed by atoms with Gasteiger partial charge in [-0.05, 0) is 24.3 Å². The molecule has 22 heavy (non-hydrogen) atoms. The van der Waals surface area contributed by atoms with Crippen molar-refractivity contribution in [3.8, 4) is 0 Å². The Morgan fingerprint density at radius 3 is 2.09 bits per heavy atom. The van der Waals surface area contributed by atoms with Gasteiger partial charge in [0.2, 0.25) is 5.91 Å². The zero-order valence-electron chi connectivity index (χ0n) is 12.1. The first-order chi connectivity index (χ1) is 10.5. The first kappa shape index (κ1) is 14.7. The molecule has 2 aromatic carbocycles. The van der Waals surface area contributed by atoms with Crippen LogP contribution in [0.15, 0.2) is 65.6 Å². The molecule has 1 saturated heterocycles. The molecule has 5 nitrogen and oxygen atoms in total. The lowest BCUT2D eigenvalue weighted by atomic mass is 10.2. The minimum atomic E-state index is -3.76. The molecule has 3 rings (SSSR count). The highest BCUT2D eigenvalue weighted by Gasteiger charge is 2.43. The highest BCUT2D eigenvalue weighted by Crippen LogP contribution is 2.30. The van der Waals surface area contributed by atoms with Crippen molar-refractivity contribution >= 4 is 21.6 Å². The number of anilines is 1. The average Bonchev–Trinajstić information content (AvgIpc) is 2.85. The van der Waals surface area contributed by atoms with Gasteiger partial charge in [0.1, 0.15) is 0 Å². The Morgan fingerprint density at radius 2 is 1.50 bits per heavy atom. The van der Waals surface area contributed by atoms with E-state index < -0.39 is 10.0 Å². The van der Waals surface area contributed by atoms with Crippen LogP contribution < -0.4 is 5.01 Å². The lowest BCUT2D eigenvalue weighted by Gasteiger charge is -2.27. The molecule has 1 amide bonds. The van der Waals surface area contributed by atoms with Crippen LogP contribution in [0.25, 0.3) is 0 Å². The van der Waals surface area contributed by atoms with E-state index in [4.69, 9.17) is 0 Å². The van der Waals surface area contributed by atoms with Crippen LogP contribution in [0, 0.1) is 5.92 Å². The summed E-state index contributed by atoms with van der Waals surface area (Å²) >= 11 is 0. The maximum atomic E-state index is 12.8. The van der Waals surface area contributed by atoms with E-state index in [0.29, 0.717) is 5.69 Å². The predicted octanol–water partition coefficient (Wildman–Crippen LogP) is 2.28. The summed E-state index contributed by atoms with van der Waals surface area (Å²) in [5.74, 6) is -0.593. The van der Waals surface area contributed by atoms with Gasteiger partial charge in [-0.1, -0.05) is 43.3 Å². The number of rotatable bonds is 3. The fourth-order valence-corrected chi connectivity index (χ4v) is 4.01. The number of hydrazine groups is 1. The van der Waals surface area contributed by atoms with E-state index in [1.54, 1.807) is 49.4 Å². The molecular formula is C16H16N2O3S. The third-order valence-corrected chi connectivity index (χ3v) is 5.34. The zero-order valence-corrected chi connectivity index (χ0v) is 12.9. The van der Waals surface area contributed by atoms with Gasteiger partial charge in [0, 0.05) is 6.54 Å². The number of amides is 1. The van der Waals surface area contributed by atoms with Crippen LogP contribution >= 0.6 is 0 Å². The molecule has 0 aliphatic carbocycles. The Hall–Kier alpha value is -2.18. The second kappa shape index (κ2) is 5.55. The monoisotopic (exact) mass is 316 g/mol. The van der Waals surface area contributed by atoms with Crippen LogP contribution in [0.3, 0.4) is 0 Å². The lowest BCUT2D eigenvalue weighted by Crippen LogP contribution is -2.43. The van der Waals surface area contributed by atoms with Crippen LogP contribution in [0.2, 0.25) is 0 Å². The number of benzene rings is 2. The van der Waals surface area contributed by atoms with Gasteiger partial charge in [-0.25, -0.2) is 13.4 Å². The van der Waals surface area contributed by atoms with Gasteiger partial charge in [0.05, 0.1) is 16.5 Å². The molecule has 0 bridgehead atoms. The van der Waals surface area contributed by atoms with Crippen molar-refractivity contribution in [3.05, 3.63) is 60.7 Å². The Labute approximate surface area is 129 Å². The number of hydrogen-bond acceptors (Lipinski definition) is 3. The van der Waals surface area contributed by atoms with Crippen LogP contribution in [0.4, 0.5) is 5.69 Å². The standard InChI is InChI=1S/C16H16N2O3S/c1-13-12-17(22(20,21)15-10-6-3-7-11-15)18(16(13)19)14-8-4-2-5-9-14/h2-11,13H,12H2,1H3. The fraction of sp³-hybridized carbons (Fsp3) is 0.188.